The van der Waals surface area contributed by atoms with Crippen LogP contribution in [0.25, 0.3) is 11.2 Å². The third-order valence-corrected chi connectivity index (χ3v) is 5.35. The largest absolute Gasteiger partial charge is 0.463 e. The van der Waals surface area contributed by atoms with Crippen LogP contribution in [0, 0.1) is 0 Å². The van der Waals surface area contributed by atoms with Crippen LogP contribution in [0.2, 0.25) is 15.7 Å². The molecule has 0 aliphatic carbocycles. The van der Waals surface area contributed by atoms with E-state index in [1.807, 2.05) is 0 Å². The summed E-state index contributed by atoms with van der Waals surface area (Å²) in [5.74, 6) is -2.99. The van der Waals surface area contributed by atoms with Crippen LogP contribution in [0.15, 0.2) is 0 Å². The number of rotatable bonds is 6. The minimum atomic E-state index is -1.43. The zero-order valence-electron chi connectivity index (χ0n) is 18.7. The number of esters is 4. The second-order valence-corrected chi connectivity index (χ2v) is 8.33. The molecule has 0 saturated carbocycles. The van der Waals surface area contributed by atoms with Crippen LogP contribution in [-0.2, 0) is 42.9 Å². The van der Waals surface area contributed by atoms with Crippen molar-refractivity contribution in [2.75, 3.05) is 6.61 Å². The first kappa shape index (κ1) is 26.9. The third-order valence-electron chi connectivity index (χ3n) is 4.65. The van der Waals surface area contributed by atoms with E-state index in [2.05, 4.69) is 15.0 Å². The van der Waals surface area contributed by atoms with Gasteiger partial charge in [0.05, 0.1) is 0 Å². The van der Waals surface area contributed by atoms with Crippen molar-refractivity contribution < 1.29 is 42.9 Å². The monoisotopic (exact) mass is 552 g/mol. The van der Waals surface area contributed by atoms with Crippen molar-refractivity contribution in [2.45, 2.75) is 58.3 Å². The zero-order chi connectivity index (χ0) is 26.0. The van der Waals surface area contributed by atoms with Gasteiger partial charge in [-0.05, 0) is 23.2 Å². The maximum atomic E-state index is 12.0. The Hall–Kier alpha value is -2.74. The molecule has 1 fully saturated rings. The lowest BCUT2D eigenvalue weighted by Gasteiger charge is -2.44. The lowest BCUT2D eigenvalue weighted by atomic mass is 9.97. The summed E-state index contributed by atoms with van der Waals surface area (Å²) in [4.78, 5) is 59.3. The smallest absolute Gasteiger partial charge is 0.303 e. The summed E-state index contributed by atoms with van der Waals surface area (Å²) < 4.78 is 28.5. The second kappa shape index (κ2) is 10.9. The number of hydrogen-bond donors (Lipinski definition) is 0. The zero-order valence-corrected chi connectivity index (χ0v) is 21.0. The molecule has 2 aromatic rings. The van der Waals surface area contributed by atoms with E-state index in [9.17, 15) is 19.2 Å². The number of fused-ring (bicyclic) bond motifs is 1. The molecule has 5 unspecified atom stereocenters. The average molecular weight is 554 g/mol. The van der Waals surface area contributed by atoms with Crippen molar-refractivity contribution in [1.82, 2.24) is 19.5 Å². The summed E-state index contributed by atoms with van der Waals surface area (Å²) in [5, 5.41) is -0.586. The van der Waals surface area contributed by atoms with E-state index in [1.54, 1.807) is 0 Å². The van der Waals surface area contributed by atoms with Gasteiger partial charge in [-0.25, -0.2) is 9.97 Å². The van der Waals surface area contributed by atoms with Gasteiger partial charge in [-0.15, -0.1) is 0 Å². The van der Waals surface area contributed by atoms with Gasteiger partial charge in [0.2, 0.25) is 10.6 Å². The summed E-state index contributed by atoms with van der Waals surface area (Å²) in [7, 11) is 0. The molecule has 1 saturated heterocycles. The molecule has 16 heteroatoms. The molecule has 0 aromatic carbocycles. The van der Waals surface area contributed by atoms with E-state index in [0.29, 0.717) is 0 Å². The predicted molar refractivity (Wildman–Crippen MR) is 118 cm³/mol. The first-order chi connectivity index (χ1) is 16.4. The quantitative estimate of drug-likeness (QED) is 0.169. The van der Waals surface area contributed by atoms with Crippen molar-refractivity contribution in [2.24, 2.45) is 0 Å². The number of ether oxygens (including phenoxy) is 5. The minimum absolute atomic E-state index is 0.000833. The molecule has 3 heterocycles. The molecule has 1 aliphatic heterocycles. The SMILES string of the molecule is CC(=O)OCC1OC(n2c(Cl)nc3c(Cl)nc(Cl)nc32)C(OC(C)=O)C(OC(C)=O)C1OC(C)=O. The van der Waals surface area contributed by atoms with Gasteiger partial charge in [0.1, 0.15) is 18.2 Å². The predicted octanol–water partition coefficient (Wildman–Crippen LogP) is 2.04. The van der Waals surface area contributed by atoms with Crippen molar-refractivity contribution in [3.63, 3.8) is 0 Å². The normalized spacial score (nSPS) is 24.0. The van der Waals surface area contributed by atoms with E-state index in [0.717, 1.165) is 27.7 Å². The van der Waals surface area contributed by atoms with Crippen molar-refractivity contribution >= 4 is 69.8 Å². The lowest BCUT2D eigenvalue weighted by Crippen LogP contribution is -2.60. The maximum absolute atomic E-state index is 12.0. The summed E-state index contributed by atoms with van der Waals surface area (Å²) >= 11 is 18.4. The molecule has 13 nitrogen and oxygen atoms in total. The number of carbonyl (C=O) groups excluding carboxylic acids is 4. The van der Waals surface area contributed by atoms with Gasteiger partial charge in [0.15, 0.2) is 35.3 Å². The fourth-order valence-corrected chi connectivity index (χ4v) is 4.20. The Bertz CT molecular complexity index is 1170. The highest BCUT2D eigenvalue weighted by Gasteiger charge is 2.53. The van der Waals surface area contributed by atoms with Gasteiger partial charge in [-0.2, -0.15) is 4.98 Å². The maximum Gasteiger partial charge on any atom is 0.303 e. The van der Waals surface area contributed by atoms with Gasteiger partial charge in [0.25, 0.3) is 0 Å². The molecule has 5 atom stereocenters. The molecule has 2 aromatic heterocycles. The fraction of sp³-hybridized carbons (Fsp3) is 0.526. The van der Waals surface area contributed by atoms with Crippen LogP contribution in [0.5, 0.6) is 0 Å². The Morgan fingerprint density at radius 2 is 1.40 bits per heavy atom. The molecule has 0 bridgehead atoms. The summed E-state index contributed by atoms with van der Waals surface area (Å²) in [6, 6.07) is 0. The molecule has 1 aliphatic rings. The van der Waals surface area contributed by atoms with E-state index in [4.69, 9.17) is 58.5 Å². The highest BCUT2D eigenvalue weighted by Crippen LogP contribution is 2.38. The van der Waals surface area contributed by atoms with E-state index >= 15 is 0 Å². The van der Waals surface area contributed by atoms with Crippen LogP contribution in [0.1, 0.15) is 33.9 Å². The Balaban J connectivity index is 2.21. The summed E-state index contributed by atoms with van der Waals surface area (Å²) in [5.41, 5.74) is 0.0508. The van der Waals surface area contributed by atoms with E-state index in [1.165, 1.54) is 4.57 Å². The number of halogens is 3. The van der Waals surface area contributed by atoms with Crippen LogP contribution in [0.4, 0.5) is 0 Å². The number of carbonyl (C=O) groups is 4. The molecule has 0 N–H and O–H groups in total. The molecular weight excluding hydrogens is 535 g/mol. The molecule has 3 rings (SSSR count). The Labute approximate surface area is 212 Å². The first-order valence-electron chi connectivity index (χ1n) is 9.96. The fourth-order valence-electron chi connectivity index (χ4n) is 3.53. The van der Waals surface area contributed by atoms with E-state index in [-0.39, 0.29) is 26.9 Å². The molecule has 0 spiro atoms. The van der Waals surface area contributed by atoms with Gasteiger partial charge in [0, 0.05) is 27.7 Å². The minimum Gasteiger partial charge on any atom is -0.463 e. The highest BCUT2D eigenvalue weighted by atomic mass is 35.5. The Morgan fingerprint density at radius 3 is 1.97 bits per heavy atom. The third kappa shape index (κ3) is 6.10. The molecule has 35 heavy (non-hydrogen) atoms. The van der Waals surface area contributed by atoms with Gasteiger partial charge in [-0.1, -0.05) is 11.6 Å². The van der Waals surface area contributed by atoms with Gasteiger partial charge in [-0.3, -0.25) is 23.7 Å². The topological polar surface area (TPSA) is 158 Å². The number of hydrogen-bond acceptors (Lipinski definition) is 12. The first-order valence-corrected chi connectivity index (χ1v) is 11.1. The molecular formula is C19H19Cl3N4O9. The van der Waals surface area contributed by atoms with Crippen molar-refractivity contribution in [3.8, 4) is 0 Å². The van der Waals surface area contributed by atoms with Gasteiger partial charge >= 0.3 is 23.9 Å². The lowest BCUT2D eigenvalue weighted by molar-refractivity contribution is -0.267. The second-order valence-electron chi connectivity index (χ2n) is 7.30. The van der Waals surface area contributed by atoms with Crippen molar-refractivity contribution in [3.05, 3.63) is 15.7 Å². The number of imidazole rings is 1. The average Bonchev–Trinajstić information content (AvgIpc) is 3.04. The standard InChI is InChI=1S/C19H19Cl3N4O9/c1-6(27)31-5-10-12(32-7(2)28)13(33-8(3)29)14(34-9(4)30)17(35-10)26-16-11(23-19(26)22)15(20)24-18(21)25-16/h10,12-14,17H,5H2,1-4H3. The molecule has 0 amide bonds. The highest BCUT2D eigenvalue weighted by molar-refractivity contribution is 6.36. The van der Waals surface area contributed by atoms with Crippen LogP contribution in [-0.4, -0.2) is 74.4 Å². The van der Waals surface area contributed by atoms with Crippen LogP contribution >= 0.6 is 34.8 Å². The summed E-state index contributed by atoms with van der Waals surface area (Å²) in [6.07, 6.45) is -6.77. The number of aromatic nitrogens is 4. The summed E-state index contributed by atoms with van der Waals surface area (Å²) in [6.45, 7) is 4.06. The number of nitrogens with zero attached hydrogens (tertiary/aromatic N) is 4. The van der Waals surface area contributed by atoms with Crippen LogP contribution < -0.4 is 0 Å². The molecule has 0 radical (unpaired) electrons. The Morgan fingerprint density at radius 1 is 0.829 bits per heavy atom. The van der Waals surface area contributed by atoms with E-state index < -0.39 is 61.1 Å². The molecule has 190 valence electrons. The van der Waals surface area contributed by atoms with Gasteiger partial charge < -0.3 is 23.7 Å². The van der Waals surface area contributed by atoms with Crippen LogP contribution in [0.3, 0.4) is 0 Å². The Kier molecular flexibility index (Phi) is 8.36. The van der Waals surface area contributed by atoms with Crippen molar-refractivity contribution in [1.29, 1.82) is 0 Å².